The number of rotatable bonds is 2. The first kappa shape index (κ1) is 17.6. The minimum Gasteiger partial charge on any atom is -0.274 e. The predicted octanol–water partition coefficient (Wildman–Crippen LogP) is 3.15. The quantitative estimate of drug-likeness (QED) is 0.757. The van der Waals surface area contributed by atoms with Crippen molar-refractivity contribution < 1.29 is 9.59 Å². The van der Waals surface area contributed by atoms with Crippen LogP contribution >= 0.6 is 0 Å². The highest BCUT2D eigenvalue weighted by molar-refractivity contribution is 6.24. The van der Waals surface area contributed by atoms with E-state index < -0.39 is 0 Å². The molecule has 0 bridgehead atoms. The molecule has 5 heteroatoms. The van der Waals surface area contributed by atoms with Crippen LogP contribution in [-0.2, 0) is 9.59 Å². The van der Waals surface area contributed by atoms with Gasteiger partial charge in [0.25, 0.3) is 5.91 Å². The van der Waals surface area contributed by atoms with Gasteiger partial charge in [0.15, 0.2) is 0 Å². The van der Waals surface area contributed by atoms with Gasteiger partial charge in [-0.05, 0) is 44.4 Å². The third kappa shape index (κ3) is 2.39. The standard InChI is InChI=1S/C23H25N3O2/c1-14-5-8-17(9-6-14)20-19-21(25-12-4-11-24(20)25)23(28)26(22(19)27)18-10-7-15(2)13-16(18)3/h5-10,13,19-21H,4,11-12H2,1-3H3/t19-,20+,21+/m0/s1. The number of fused-ring (bicyclic) bond motifs is 3. The van der Waals surface area contributed by atoms with E-state index in [2.05, 4.69) is 41.2 Å². The number of nitrogens with zero attached hydrogens (tertiary/aromatic N) is 3. The lowest BCUT2D eigenvalue weighted by molar-refractivity contribution is -0.126. The number of anilines is 1. The largest absolute Gasteiger partial charge is 0.274 e. The smallest absolute Gasteiger partial charge is 0.253 e. The maximum atomic E-state index is 13.6. The van der Waals surface area contributed by atoms with Crippen molar-refractivity contribution in [3.8, 4) is 0 Å². The lowest BCUT2D eigenvalue weighted by atomic mass is 9.89. The Labute approximate surface area is 165 Å². The molecule has 144 valence electrons. The molecule has 0 aromatic heterocycles. The van der Waals surface area contributed by atoms with Crippen LogP contribution in [0.15, 0.2) is 42.5 Å². The molecule has 2 amide bonds. The molecule has 0 unspecified atom stereocenters. The summed E-state index contributed by atoms with van der Waals surface area (Å²) in [6, 6.07) is 13.8. The molecule has 3 aliphatic heterocycles. The second-order valence-electron chi connectivity index (χ2n) is 8.31. The molecule has 3 heterocycles. The number of benzene rings is 2. The molecular weight excluding hydrogens is 350 g/mol. The topological polar surface area (TPSA) is 43.9 Å². The van der Waals surface area contributed by atoms with Gasteiger partial charge in [-0.3, -0.25) is 9.59 Å². The Morgan fingerprint density at radius 3 is 2.11 bits per heavy atom. The molecular formula is C23H25N3O2. The lowest BCUT2D eigenvalue weighted by Crippen LogP contribution is -2.44. The second kappa shape index (κ2) is 6.26. The molecule has 2 aromatic carbocycles. The highest BCUT2D eigenvalue weighted by atomic mass is 16.2. The minimum atomic E-state index is -0.387. The first-order valence-electron chi connectivity index (χ1n) is 10.0. The zero-order valence-electron chi connectivity index (χ0n) is 16.6. The zero-order chi connectivity index (χ0) is 19.6. The van der Waals surface area contributed by atoms with Gasteiger partial charge < -0.3 is 0 Å². The van der Waals surface area contributed by atoms with Crippen molar-refractivity contribution in [1.82, 2.24) is 10.0 Å². The van der Waals surface area contributed by atoms with E-state index in [1.165, 1.54) is 10.5 Å². The Hall–Kier alpha value is -2.50. The van der Waals surface area contributed by atoms with E-state index in [4.69, 9.17) is 0 Å². The van der Waals surface area contributed by atoms with Crippen molar-refractivity contribution >= 4 is 17.5 Å². The van der Waals surface area contributed by atoms with Crippen molar-refractivity contribution in [3.05, 3.63) is 64.7 Å². The van der Waals surface area contributed by atoms with Gasteiger partial charge in [-0.25, -0.2) is 14.9 Å². The number of hydrazine groups is 1. The van der Waals surface area contributed by atoms with Gasteiger partial charge in [-0.15, -0.1) is 0 Å². The third-order valence-electron chi connectivity index (χ3n) is 6.42. The number of hydrogen-bond donors (Lipinski definition) is 0. The van der Waals surface area contributed by atoms with Gasteiger partial charge in [-0.2, -0.15) is 0 Å². The summed E-state index contributed by atoms with van der Waals surface area (Å²) in [7, 11) is 0. The summed E-state index contributed by atoms with van der Waals surface area (Å²) in [6.07, 6.45) is 1.02. The third-order valence-corrected chi connectivity index (χ3v) is 6.42. The first-order valence-corrected chi connectivity index (χ1v) is 10.0. The highest BCUT2D eigenvalue weighted by Gasteiger charge is 2.62. The fourth-order valence-corrected chi connectivity index (χ4v) is 5.17. The van der Waals surface area contributed by atoms with E-state index in [-0.39, 0.29) is 29.8 Å². The van der Waals surface area contributed by atoms with Crippen molar-refractivity contribution in [3.63, 3.8) is 0 Å². The Kier molecular flexibility index (Phi) is 3.93. The van der Waals surface area contributed by atoms with E-state index in [9.17, 15) is 9.59 Å². The summed E-state index contributed by atoms with van der Waals surface area (Å²) >= 11 is 0. The highest BCUT2D eigenvalue weighted by Crippen LogP contribution is 2.49. The van der Waals surface area contributed by atoms with Crippen LogP contribution < -0.4 is 4.90 Å². The molecule has 3 fully saturated rings. The summed E-state index contributed by atoms with van der Waals surface area (Å²) < 4.78 is 0. The van der Waals surface area contributed by atoms with Crippen LogP contribution in [0, 0.1) is 26.7 Å². The Balaban J connectivity index is 1.59. The van der Waals surface area contributed by atoms with Gasteiger partial charge in [0.2, 0.25) is 5.91 Å². The summed E-state index contributed by atoms with van der Waals surface area (Å²) in [4.78, 5) is 28.5. The zero-order valence-corrected chi connectivity index (χ0v) is 16.6. The molecule has 0 saturated carbocycles. The Morgan fingerprint density at radius 2 is 1.43 bits per heavy atom. The predicted molar refractivity (Wildman–Crippen MR) is 108 cm³/mol. The van der Waals surface area contributed by atoms with Crippen LogP contribution in [0.5, 0.6) is 0 Å². The van der Waals surface area contributed by atoms with Crippen LogP contribution in [0.3, 0.4) is 0 Å². The first-order chi connectivity index (χ1) is 13.5. The van der Waals surface area contributed by atoms with E-state index in [1.54, 1.807) is 0 Å². The molecule has 5 nitrogen and oxygen atoms in total. The molecule has 2 aromatic rings. The van der Waals surface area contributed by atoms with E-state index in [0.717, 1.165) is 41.9 Å². The molecule has 0 N–H and O–H groups in total. The van der Waals surface area contributed by atoms with Crippen LogP contribution in [0.2, 0.25) is 0 Å². The van der Waals surface area contributed by atoms with Crippen LogP contribution in [0.25, 0.3) is 0 Å². The lowest BCUT2D eigenvalue weighted by Gasteiger charge is -2.30. The molecule has 28 heavy (non-hydrogen) atoms. The van der Waals surface area contributed by atoms with E-state index >= 15 is 0 Å². The van der Waals surface area contributed by atoms with Crippen LogP contribution in [0.1, 0.15) is 34.7 Å². The van der Waals surface area contributed by atoms with Gasteiger partial charge in [-0.1, -0.05) is 47.5 Å². The van der Waals surface area contributed by atoms with Gasteiger partial charge in [0.1, 0.15) is 6.04 Å². The number of carbonyl (C=O) groups excluding carboxylic acids is 2. The molecule has 3 aliphatic rings. The monoisotopic (exact) mass is 375 g/mol. The molecule has 0 aliphatic carbocycles. The summed E-state index contributed by atoms with van der Waals surface area (Å²) in [5, 5.41) is 4.41. The molecule has 3 atom stereocenters. The molecule has 0 spiro atoms. The van der Waals surface area contributed by atoms with E-state index in [1.807, 2.05) is 32.0 Å². The fourth-order valence-electron chi connectivity index (χ4n) is 5.17. The Bertz CT molecular complexity index is 968. The molecule has 3 saturated heterocycles. The SMILES string of the molecule is Cc1ccc([C@@H]2[C@@H]3C(=O)N(c4ccc(C)cc4C)C(=O)[C@@H]3N3CCCN23)cc1. The molecule has 0 radical (unpaired) electrons. The number of aryl methyl sites for hydroxylation is 3. The minimum absolute atomic E-state index is 0.0677. The number of carbonyl (C=O) groups is 2. The summed E-state index contributed by atoms with van der Waals surface area (Å²) in [5.74, 6) is -0.499. The summed E-state index contributed by atoms with van der Waals surface area (Å²) in [5.41, 5.74) is 5.13. The summed E-state index contributed by atoms with van der Waals surface area (Å²) in [6.45, 7) is 7.79. The number of hydrogen-bond acceptors (Lipinski definition) is 4. The fraction of sp³-hybridized carbons (Fsp3) is 0.391. The van der Waals surface area contributed by atoms with Crippen LogP contribution in [-0.4, -0.2) is 41.0 Å². The van der Waals surface area contributed by atoms with Crippen molar-refractivity contribution in [2.45, 2.75) is 39.3 Å². The van der Waals surface area contributed by atoms with Gasteiger partial charge in [0.05, 0.1) is 17.6 Å². The maximum absolute atomic E-state index is 13.6. The number of imide groups is 1. The van der Waals surface area contributed by atoms with Crippen molar-refractivity contribution in [2.24, 2.45) is 5.92 Å². The average molecular weight is 375 g/mol. The normalized spacial score (nSPS) is 27.5. The van der Waals surface area contributed by atoms with Crippen molar-refractivity contribution in [2.75, 3.05) is 18.0 Å². The van der Waals surface area contributed by atoms with Gasteiger partial charge >= 0.3 is 0 Å². The van der Waals surface area contributed by atoms with Crippen molar-refractivity contribution in [1.29, 1.82) is 0 Å². The Morgan fingerprint density at radius 1 is 0.786 bits per heavy atom. The second-order valence-corrected chi connectivity index (χ2v) is 8.31. The number of amides is 2. The average Bonchev–Trinajstić information content (AvgIpc) is 3.30. The maximum Gasteiger partial charge on any atom is 0.253 e. The van der Waals surface area contributed by atoms with Crippen LogP contribution in [0.4, 0.5) is 5.69 Å². The molecule has 5 rings (SSSR count). The van der Waals surface area contributed by atoms with Gasteiger partial charge in [0, 0.05) is 13.1 Å². The van der Waals surface area contributed by atoms with E-state index in [0.29, 0.717) is 0 Å².